The fraction of sp³-hybridized carbons (Fsp3) is 0. The molecule has 94 valence electrons. The van der Waals surface area contributed by atoms with Crippen molar-refractivity contribution in [2.45, 2.75) is 0 Å². The molecule has 0 atom stereocenters. The number of nitrogens with two attached hydrogens (primary N) is 1. The minimum atomic E-state index is -0.868. The molecule has 0 amide bonds. The van der Waals surface area contributed by atoms with E-state index >= 15 is 0 Å². The van der Waals surface area contributed by atoms with Crippen LogP contribution in [0.2, 0.25) is 5.02 Å². The molecule has 0 aliphatic carbocycles. The molecule has 2 aromatic rings. The van der Waals surface area contributed by atoms with Gasteiger partial charge in [-0.15, -0.1) is 0 Å². The van der Waals surface area contributed by atoms with Gasteiger partial charge in [-0.2, -0.15) is 0 Å². The van der Waals surface area contributed by atoms with Crippen molar-refractivity contribution >= 4 is 28.7 Å². The van der Waals surface area contributed by atoms with Crippen LogP contribution in [-0.4, -0.2) is 0 Å². The van der Waals surface area contributed by atoms with Gasteiger partial charge in [-0.05, 0) is 30.3 Å². The summed E-state index contributed by atoms with van der Waals surface area (Å²) in [7, 11) is 0. The molecular formula is C12H8ClF3N2. The third kappa shape index (κ3) is 2.68. The average Bonchev–Trinajstić information content (AvgIpc) is 2.22. The van der Waals surface area contributed by atoms with Gasteiger partial charge in [-0.3, -0.25) is 0 Å². The number of hydrogen-bond donors (Lipinski definition) is 2. The predicted octanol–water partition coefficient (Wildman–Crippen LogP) is 4.08. The zero-order chi connectivity index (χ0) is 13.3. The maximum absolute atomic E-state index is 13.5. The smallest absolute Gasteiger partial charge is 0.151 e. The van der Waals surface area contributed by atoms with Gasteiger partial charge < -0.3 is 11.1 Å². The Kier molecular flexibility index (Phi) is 3.34. The monoisotopic (exact) mass is 272 g/mol. The van der Waals surface area contributed by atoms with Gasteiger partial charge in [0.1, 0.15) is 11.5 Å². The van der Waals surface area contributed by atoms with Crippen LogP contribution in [0, 0.1) is 17.5 Å². The Morgan fingerprint density at radius 2 is 1.56 bits per heavy atom. The summed E-state index contributed by atoms with van der Waals surface area (Å²) in [5.74, 6) is -2.35. The van der Waals surface area contributed by atoms with E-state index in [1.165, 1.54) is 6.07 Å². The van der Waals surface area contributed by atoms with Gasteiger partial charge >= 0.3 is 0 Å². The number of anilines is 3. The van der Waals surface area contributed by atoms with Gasteiger partial charge in [0, 0.05) is 16.4 Å². The zero-order valence-electron chi connectivity index (χ0n) is 8.98. The second kappa shape index (κ2) is 4.78. The van der Waals surface area contributed by atoms with E-state index < -0.39 is 23.1 Å². The summed E-state index contributed by atoms with van der Waals surface area (Å²) in [4.78, 5) is 0. The van der Waals surface area contributed by atoms with E-state index in [1.54, 1.807) is 0 Å². The second-order valence-corrected chi connectivity index (χ2v) is 4.08. The van der Waals surface area contributed by atoms with E-state index in [1.807, 2.05) is 0 Å². The summed E-state index contributed by atoms with van der Waals surface area (Å²) >= 11 is 5.63. The standard InChI is InChI=1S/C12H8ClF3N2/c13-6-1-7(14)3-9(2-6)18-12-10(15)4-8(17)5-11(12)16/h1-5,18H,17H2. The number of nitrogens with one attached hydrogen (secondary N) is 1. The summed E-state index contributed by atoms with van der Waals surface area (Å²) in [6, 6.07) is 5.43. The van der Waals surface area contributed by atoms with E-state index in [2.05, 4.69) is 5.32 Å². The molecule has 0 spiro atoms. The minimum absolute atomic E-state index is 0.0344. The summed E-state index contributed by atoms with van der Waals surface area (Å²) in [6.07, 6.45) is 0. The van der Waals surface area contributed by atoms with Crippen LogP contribution >= 0.6 is 11.6 Å². The normalized spacial score (nSPS) is 10.4. The van der Waals surface area contributed by atoms with Crippen molar-refractivity contribution in [1.82, 2.24) is 0 Å². The van der Waals surface area contributed by atoms with Crippen LogP contribution in [-0.2, 0) is 0 Å². The van der Waals surface area contributed by atoms with Crippen LogP contribution in [0.15, 0.2) is 30.3 Å². The number of rotatable bonds is 2. The number of halogens is 4. The molecule has 0 aliphatic rings. The van der Waals surface area contributed by atoms with Crippen LogP contribution < -0.4 is 11.1 Å². The second-order valence-electron chi connectivity index (χ2n) is 3.64. The molecule has 6 heteroatoms. The molecule has 2 nitrogen and oxygen atoms in total. The highest BCUT2D eigenvalue weighted by Crippen LogP contribution is 2.27. The van der Waals surface area contributed by atoms with E-state index in [9.17, 15) is 13.2 Å². The maximum atomic E-state index is 13.5. The molecule has 0 bridgehead atoms. The van der Waals surface area contributed by atoms with E-state index in [0.717, 1.165) is 24.3 Å². The van der Waals surface area contributed by atoms with Crippen molar-refractivity contribution in [2.24, 2.45) is 0 Å². The first-order valence-corrected chi connectivity index (χ1v) is 5.31. The predicted molar refractivity (Wildman–Crippen MR) is 65.5 cm³/mol. The Morgan fingerprint density at radius 1 is 0.944 bits per heavy atom. The van der Waals surface area contributed by atoms with Crippen LogP contribution in [0.5, 0.6) is 0 Å². The molecule has 0 radical (unpaired) electrons. The van der Waals surface area contributed by atoms with Crippen LogP contribution in [0.1, 0.15) is 0 Å². The molecule has 18 heavy (non-hydrogen) atoms. The third-order valence-corrected chi connectivity index (χ3v) is 2.41. The lowest BCUT2D eigenvalue weighted by Gasteiger charge is -2.10. The number of nitrogen functional groups attached to an aromatic ring is 1. The van der Waals surface area contributed by atoms with Crippen LogP contribution in [0.4, 0.5) is 30.2 Å². The Labute approximate surface area is 106 Å². The molecule has 0 heterocycles. The largest absolute Gasteiger partial charge is 0.399 e. The summed E-state index contributed by atoms with van der Waals surface area (Å²) in [5, 5.41) is 2.54. The fourth-order valence-corrected chi connectivity index (χ4v) is 1.70. The first-order valence-electron chi connectivity index (χ1n) is 4.93. The third-order valence-electron chi connectivity index (χ3n) is 2.20. The average molecular weight is 273 g/mol. The fourth-order valence-electron chi connectivity index (χ4n) is 1.48. The maximum Gasteiger partial charge on any atom is 0.151 e. The Balaban J connectivity index is 2.40. The van der Waals surface area contributed by atoms with Gasteiger partial charge in [-0.1, -0.05) is 11.6 Å². The molecule has 2 rings (SSSR count). The van der Waals surface area contributed by atoms with Gasteiger partial charge in [0.25, 0.3) is 0 Å². The summed E-state index contributed by atoms with van der Waals surface area (Å²) in [5.41, 5.74) is 4.98. The van der Waals surface area contributed by atoms with Gasteiger partial charge in [0.2, 0.25) is 0 Å². The minimum Gasteiger partial charge on any atom is -0.399 e. The van der Waals surface area contributed by atoms with E-state index in [4.69, 9.17) is 17.3 Å². The SMILES string of the molecule is Nc1cc(F)c(Nc2cc(F)cc(Cl)c2)c(F)c1. The van der Waals surface area contributed by atoms with Crippen LogP contribution in [0.25, 0.3) is 0 Å². The quantitative estimate of drug-likeness (QED) is 0.808. The van der Waals surface area contributed by atoms with E-state index in [-0.39, 0.29) is 16.4 Å². The molecule has 0 saturated heterocycles. The Bertz CT molecular complexity index is 559. The zero-order valence-corrected chi connectivity index (χ0v) is 9.73. The molecule has 0 aliphatic heterocycles. The first kappa shape index (κ1) is 12.6. The van der Waals surface area contributed by atoms with Crippen molar-refractivity contribution in [1.29, 1.82) is 0 Å². The molecule has 2 aromatic carbocycles. The summed E-state index contributed by atoms with van der Waals surface area (Å²) in [6.45, 7) is 0. The molecule has 3 N–H and O–H groups in total. The van der Waals surface area contributed by atoms with Gasteiger partial charge in [0.05, 0.1) is 0 Å². The first-order chi connectivity index (χ1) is 8.45. The highest BCUT2D eigenvalue weighted by atomic mass is 35.5. The van der Waals surface area contributed by atoms with Crippen molar-refractivity contribution in [3.63, 3.8) is 0 Å². The van der Waals surface area contributed by atoms with Gasteiger partial charge in [0.15, 0.2) is 11.6 Å². The lowest BCUT2D eigenvalue weighted by molar-refractivity contribution is 0.591. The highest BCUT2D eigenvalue weighted by Gasteiger charge is 2.11. The number of hydrogen-bond acceptors (Lipinski definition) is 2. The molecular weight excluding hydrogens is 265 g/mol. The van der Waals surface area contributed by atoms with Crippen molar-refractivity contribution < 1.29 is 13.2 Å². The molecule has 0 fully saturated rings. The molecule has 0 unspecified atom stereocenters. The lowest BCUT2D eigenvalue weighted by atomic mass is 10.2. The van der Waals surface area contributed by atoms with E-state index in [0.29, 0.717) is 0 Å². The summed E-state index contributed by atoms with van der Waals surface area (Å²) < 4.78 is 40.0. The molecule has 0 saturated carbocycles. The Hall–Kier alpha value is -1.88. The van der Waals surface area contributed by atoms with Crippen molar-refractivity contribution in [3.8, 4) is 0 Å². The van der Waals surface area contributed by atoms with Crippen LogP contribution in [0.3, 0.4) is 0 Å². The number of benzene rings is 2. The molecule has 0 aromatic heterocycles. The Morgan fingerprint density at radius 3 is 2.11 bits per heavy atom. The lowest BCUT2D eigenvalue weighted by Crippen LogP contribution is -2.00. The topological polar surface area (TPSA) is 38.0 Å². The van der Waals surface area contributed by atoms with Crippen molar-refractivity contribution in [3.05, 3.63) is 52.8 Å². The highest BCUT2D eigenvalue weighted by molar-refractivity contribution is 6.30. The van der Waals surface area contributed by atoms with Gasteiger partial charge in [-0.25, -0.2) is 13.2 Å². The van der Waals surface area contributed by atoms with Crippen molar-refractivity contribution in [2.75, 3.05) is 11.1 Å².